The van der Waals surface area contributed by atoms with Crippen molar-refractivity contribution in [1.82, 2.24) is 0 Å². The van der Waals surface area contributed by atoms with E-state index in [9.17, 15) is 34.6 Å². The lowest BCUT2D eigenvalue weighted by molar-refractivity contribution is -0.385. The maximum atomic E-state index is 14.8. The first-order valence-corrected chi connectivity index (χ1v) is 13.8. The number of amides is 1. The summed E-state index contributed by atoms with van der Waals surface area (Å²) in [5, 5.41) is 25.9. The molecule has 0 aromatic heterocycles. The number of carbonyl (C=O) groups is 3. The second kappa shape index (κ2) is 9.80. The van der Waals surface area contributed by atoms with E-state index in [1.54, 1.807) is 35.2 Å². The molecule has 3 aliphatic rings. The number of hydrogen-bond donors (Lipinski definition) is 1. The number of nitrogens with one attached hydrogen (secondary N) is 1. The van der Waals surface area contributed by atoms with Gasteiger partial charge in [-0.05, 0) is 35.4 Å². The molecule has 1 saturated heterocycles. The Morgan fingerprint density at radius 1 is 0.773 bits per heavy atom. The lowest BCUT2D eigenvalue weighted by atomic mass is 9.64. The number of carbonyl (C=O) groups excluding carboxylic acids is 3. The maximum Gasteiger partial charge on any atom is 0.270 e. The van der Waals surface area contributed by atoms with Gasteiger partial charge in [0.25, 0.3) is 11.4 Å². The highest BCUT2D eigenvalue weighted by Gasteiger charge is 2.70. The van der Waals surface area contributed by atoms with Crippen LogP contribution in [0.4, 0.5) is 22.7 Å². The second-order valence-corrected chi connectivity index (χ2v) is 10.9. The number of ketones is 2. The number of nitrogens with zero attached hydrogens (tertiary/aromatic N) is 3. The van der Waals surface area contributed by atoms with Crippen molar-refractivity contribution in [3.05, 3.63) is 146 Å². The first-order valence-electron chi connectivity index (χ1n) is 13.8. The minimum absolute atomic E-state index is 0.0145. The van der Waals surface area contributed by atoms with Crippen molar-refractivity contribution in [2.75, 3.05) is 10.2 Å². The summed E-state index contributed by atoms with van der Waals surface area (Å²) in [5.74, 6) is -2.94. The minimum atomic E-state index is -1.59. The molecule has 1 amide bonds. The Kier molecular flexibility index (Phi) is 5.99. The number of para-hydroxylation sites is 2. The van der Waals surface area contributed by atoms with Crippen LogP contribution in [0.2, 0.25) is 0 Å². The van der Waals surface area contributed by atoms with Crippen molar-refractivity contribution >= 4 is 46.3 Å². The molecule has 0 radical (unpaired) electrons. The number of anilines is 2. The SMILES string of the molecule is O=C(c1ccc([N+](=O)[O-])cc1)[C@@H]1[C@H](C(=O)c2cccc([N+](=O)[O-])c2)[C@@]2(C(=O)Nc3ccccc32)[C@@H]2C=Cc3ccccc3N12. The molecule has 0 bridgehead atoms. The van der Waals surface area contributed by atoms with Gasteiger partial charge < -0.3 is 10.2 Å². The molecule has 4 aromatic rings. The quantitative estimate of drug-likeness (QED) is 0.180. The number of hydrogen-bond acceptors (Lipinski definition) is 8. The molecule has 11 nitrogen and oxygen atoms in total. The van der Waals surface area contributed by atoms with Crippen molar-refractivity contribution in [2.24, 2.45) is 5.92 Å². The number of fused-ring (bicyclic) bond motifs is 6. The maximum absolute atomic E-state index is 14.8. The van der Waals surface area contributed by atoms with Crippen LogP contribution in [0, 0.1) is 26.1 Å². The average Bonchev–Trinajstić information content (AvgIpc) is 3.52. The molecule has 1 fully saturated rings. The number of non-ortho nitro benzene ring substituents is 2. The van der Waals surface area contributed by atoms with Gasteiger partial charge >= 0.3 is 0 Å². The Labute approximate surface area is 249 Å². The van der Waals surface area contributed by atoms with Crippen LogP contribution in [0.1, 0.15) is 31.8 Å². The zero-order valence-corrected chi connectivity index (χ0v) is 22.8. The summed E-state index contributed by atoms with van der Waals surface area (Å²) in [5.41, 5.74) is 0.441. The summed E-state index contributed by atoms with van der Waals surface area (Å²) < 4.78 is 0. The van der Waals surface area contributed by atoms with Gasteiger partial charge in [-0.15, -0.1) is 0 Å². The van der Waals surface area contributed by atoms with Crippen molar-refractivity contribution < 1.29 is 24.2 Å². The van der Waals surface area contributed by atoms with Crippen LogP contribution in [-0.4, -0.2) is 39.4 Å². The van der Waals surface area contributed by atoms with Gasteiger partial charge in [0.15, 0.2) is 11.6 Å². The molecular weight excluding hydrogens is 564 g/mol. The first kappa shape index (κ1) is 26.9. The highest BCUT2D eigenvalue weighted by Crippen LogP contribution is 2.58. The van der Waals surface area contributed by atoms with Gasteiger partial charge in [0.1, 0.15) is 11.5 Å². The van der Waals surface area contributed by atoms with E-state index >= 15 is 0 Å². The standard InChI is InChI=1S/C33H22N4O7/c38-30(21-7-5-8-23(18-21)37(43)44)28-29(31(39)20-12-15-22(16-13-20)36(41)42)35-26-11-4-1-6-19(26)14-17-27(35)33(28)24-9-2-3-10-25(24)34-32(33)40/h1-18,27-29H,(H,34,40)/t27-,28+,29-,33-/m0/s1. The lowest BCUT2D eigenvalue weighted by Crippen LogP contribution is -2.51. The van der Waals surface area contributed by atoms with Crippen LogP contribution in [0.25, 0.3) is 6.08 Å². The van der Waals surface area contributed by atoms with E-state index < -0.39 is 50.7 Å². The molecule has 3 heterocycles. The highest BCUT2D eigenvalue weighted by molar-refractivity contribution is 6.18. The van der Waals surface area contributed by atoms with Crippen LogP contribution in [0.3, 0.4) is 0 Å². The van der Waals surface area contributed by atoms with E-state index in [1.807, 2.05) is 30.4 Å². The fourth-order valence-electron chi connectivity index (χ4n) is 6.99. The van der Waals surface area contributed by atoms with Crippen molar-refractivity contribution in [3.8, 4) is 0 Å². The van der Waals surface area contributed by atoms with E-state index in [-0.39, 0.29) is 22.5 Å². The number of nitro groups is 2. The normalized spacial score (nSPS) is 22.6. The molecule has 0 aliphatic carbocycles. The Balaban J connectivity index is 1.51. The Hall–Kier alpha value is -5.97. The summed E-state index contributed by atoms with van der Waals surface area (Å²) in [7, 11) is 0. The molecule has 11 heteroatoms. The molecule has 4 aromatic carbocycles. The summed E-state index contributed by atoms with van der Waals surface area (Å²) in [6.45, 7) is 0. The lowest BCUT2D eigenvalue weighted by Gasteiger charge is -2.37. The second-order valence-electron chi connectivity index (χ2n) is 10.9. The fraction of sp³-hybridized carbons (Fsp3) is 0.121. The molecule has 3 aliphatic heterocycles. The van der Waals surface area contributed by atoms with Gasteiger partial charge in [-0.25, -0.2) is 0 Å². The van der Waals surface area contributed by atoms with Gasteiger partial charge in [-0.3, -0.25) is 34.6 Å². The number of nitro benzene ring substituents is 2. The van der Waals surface area contributed by atoms with Crippen LogP contribution in [0.5, 0.6) is 0 Å². The third-order valence-electron chi connectivity index (χ3n) is 8.80. The Morgan fingerprint density at radius 2 is 1.48 bits per heavy atom. The van der Waals surface area contributed by atoms with E-state index in [4.69, 9.17) is 0 Å². The van der Waals surface area contributed by atoms with E-state index in [2.05, 4.69) is 5.32 Å². The molecule has 0 unspecified atom stereocenters. The van der Waals surface area contributed by atoms with Gasteiger partial charge in [0.2, 0.25) is 5.91 Å². The largest absolute Gasteiger partial charge is 0.352 e. The van der Waals surface area contributed by atoms with Gasteiger partial charge in [0.05, 0.1) is 21.8 Å². The van der Waals surface area contributed by atoms with Gasteiger partial charge in [-0.1, -0.05) is 60.7 Å². The van der Waals surface area contributed by atoms with Crippen LogP contribution >= 0.6 is 0 Å². The number of rotatable bonds is 6. The Morgan fingerprint density at radius 3 is 2.23 bits per heavy atom. The number of benzene rings is 4. The summed E-state index contributed by atoms with van der Waals surface area (Å²) in [4.78, 5) is 67.4. The Bertz CT molecular complexity index is 1950. The van der Waals surface area contributed by atoms with Crippen LogP contribution in [0.15, 0.2) is 103 Å². The predicted octanol–water partition coefficient (Wildman–Crippen LogP) is 5.36. The average molecular weight is 587 g/mol. The zero-order chi connectivity index (χ0) is 30.7. The molecule has 4 atom stereocenters. The number of Topliss-reactive ketones (excluding diaryl/α,β-unsaturated/α-hetero) is 2. The first-order chi connectivity index (χ1) is 21.2. The molecule has 0 saturated carbocycles. The summed E-state index contributed by atoms with van der Waals surface area (Å²) >= 11 is 0. The molecule has 7 rings (SSSR count). The van der Waals surface area contributed by atoms with Gasteiger partial charge in [0, 0.05) is 46.8 Å². The fourth-order valence-corrected chi connectivity index (χ4v) is 6.99. The topological polar surface area (TPSA) is 153 Å². The predicted molar refractivity (Wildman–Crippen MR) is 161 cm³/mol. The van der Waals surface area contributed by atoms with Crippen molar-refractivity contribution in [1.29, 1.82) is 0 Å². The molecule has 1 spiro atoms. The van der Waals surface area contributed by atoms with Gasteiger partial charge in [-0.2, -0.15) is 0 Å². The van der Waals surface area contributed by atoms with Crippen molar-refractivity contribution in [3.63, 3.8) is 0 Å². The molecule has 44 heavy (non-hydrogen) atoms. The van der Waals surface area contributed by atoms with Crippen LogP contribution < -0.4 is 10.2 Å². The third-order valence-corrected chi connectivity index (χ3v) is 8.80. The zero-order valence-electron chi connectivity index (χ0n) is 22.8. The smallest absolute Gasteiger partial charge is 0.270 e. The van der Waals surface area contributed by atoms with E-state index in [1.165, 1.54) is 42.5 Å². The highest BCUT2D eigenvalue weighted by atomic mass is 16.6. The molecule has 216 valence electrons. The van der Waals surface area contributed by atoms with E-state index in [0.29, 0.717) is 16.9 Å². The minimum Gasteiger partial charge on any atom is -0.352 e. The van der Waals surface area contributed by atoms with Crippen molar-refractivity contribution in [2.45, 2.75) is 17.5 Å². The molecule has 1 N–H and O–H groups in total. The third kappa shape index (κ3) is 3.72. The molecular formula is C33H22N4O7. The van der Waals surface area contributed by atoms with Crippen LogP contribution in [-0.2, 0) is 10.2 Å². The monoisotopic (exact) mass is 586 g/mol. The summed E-state index contributed by atoms with van der Waals surface area (Å²) in [6, 6.07) is 22.6. The summed E-state index contributed by atoms with van der Waals surface area (Å²) in [6.07, 6.45) is 3.68. The van der Waals surface area contributed by atoms with E-state index in [0.717, 1.165) is 11.6 Å².